The van der Waals surface area contributed by atoms with Gasteiger partial charge in [0.15, 0.2) is 35.5 Å². The number of pyridine rings is 1. The van der Waals surface area contributed by atoms with E-state index < -0.39 is 0 Å². The molecule has 11 rings (SSSR count). The van der Waals surface area contributed by atoms with Gasteiger partial charge in [-0.2, -0.15) is 9.13 Å². The Bertz CT molecular complexity index is 4060. The Morgan fingerprint density at radius 1 is 0.482 bits per heavy atom. The van der Waals surface area contributed by atoms with Crippen LogP contribution in [0.2, 0.25) is 6.32 Å². The fourth-order valence-electron chi connectivity index (χ4n) is 10.4. The van der Waals surface area contributed by atoms with Crippen LogP contribution in [-0.4, -0.2) is 84.7 Å². The zero-order chi connectivity index (χ0) is 59.7. The largest absolute Gasteiger partial charge is 0.493 e. The molecule has 2 radical (unpaired) electrons. The first kappa shape index (κ1) is 61.0. The predicted octanol–water partition coefficient (Wildman–Crippen LogP) is 13.9. The summed E-state index contributed by atoms with van der Waals surface area (Å²) >= 11 is 3.55. The number of rotatable bonds is 24. The molecule has 0 spiro atoms. The lowest BCUT2D eigenvalue weighted by Crippen LogP contribution is -2.37. The topological polar surface area (TPSA) is 147 Å². The lowest BCUT2D eigenvalue weighted by atomic mass is 10.0. The number of aryl methyl sites for hydroxylation is 2. The van der Waals surface area contributed by atoms with E-state index in [1.807, 2.05) is 11.3 Å². The van der Waals surface area contributed by atoms with Gasteiger partial charge in [-0.05, 0) is 127 Å². The second-order valence-corrected chi connectivity index (χ2v) is 22.1. The maximum atomic E-state index is 5.64. The van der Waals surface area contributed by atoms with E-state index in [1.54, 1.807) is 11.3 Å². The molecule has 0 bridgehead atoms. The van der Waals surface area contributed by atoms with Crippen molar-refractivity contribution in [2.24, 2.45) is 0 Å². The lowest BCUT2D eigenvalue weighted by molar-refractivity contribution is -0.697. The van der Waals surface area contributed by atoms with Gasteiger partial charge >= 0.3 is 0 Å². The van der Waals surface area contributed by atoms with E-state index in [0.29, 0.717) is 25.2 Å². The number of allylic oxidation sites excluding steroid dienone is 1. The molecule has 0 saturated carbocycles. The molecule has 85 heavy (non-hydrogen) atoms. The number of benzene rings is 5. The zero-order valence-electron chi connectivity index (χ0n) is 50.1. The maximum Gasteiger partial charge on any atom is 0.262 e. The molecule has 0 saturated heterocycles. The number of fused-ring (bicyclic) bond motifs is 5. The smallest absolute Gasteiger partial charge is 0.262 e. The number of hydrogen-bond acceptors (Lipinski definition) is 15. The molecule has 11 aromatic rings. The standard InChI is InChI=1S/C24H26BN4O2S.C22H25N4OS.C20H25N4O/c1-4-28(5-2)20-12-10-18(23-24(20)27-31-26-23)11-13-22-29(14-15-30-17(3)16-25)19-8-6-7-9-21(19)32-22;1-4-15-26-17-9-7-8-10-19(17)28-20(26)14-12-16-11-13-18(25(5-2)6-3)22-21(16)23-27-24-22;1-4-13-23-14-11-16(12-15-23)7-8-17-9-10-18(24(5-2)6-3)20-19(17)21-25-22-20/h6-13H,3-5,14-16H2,1-2H3;7-14H,4-6,15H2,1-3H3;7-12,14-15H,4-6,13H2,1-3H3/q3*+1. The van der Waals surface area contributed by atoms with Crippen molar-refractivity contribution in [1.29, 1.82) is 0 Å². The SMILES string of the molecule is CCC[n+]1c(/C=C/c2ccc(N(CC)CC)c3nonc23)sc2ccccc21.CCC[n+]1ccc(/C=C/c2ccc(N(CC)CC)c3nonc23)cc1.[B]CC(=C)OCC[n+]1c(/C=C/c2ccc(N(CC)CC)c3nonc23)sc2ccccc21. The van der Waals surface area contributed by atoms with Crippen LogP contribution in [0.4, 0.5) is 17.1 Å². The van der Waals surface area contributed by atoms with Crippen molar-refractivity contribution in [3.8, 4) is 0 Å². The molecule has 6 aromatic heterocycles. The van der Waals surface area contributed by atoms with E-state index in [-0.39, 0.29) is 0 Å². The summed E-state index contributed by atoms with van der Waals surface area (Å²) in [5, 5.41) is 27.3. The number of nitrogens with zero attached hydrogens (tertiary/aromatic N) is 12. The van der Waals surface area contributed by atoms with Crippen molar-refractivity contribution in [1.82, 2.24) is 30.9 Å². The summed E-state index contributed by atoms with van der Waals surface area (Å²) in [4.78, 5) is 6.76. The van der Waals surface area contributed by atoms with Crippen molar-refractivity contribution < 1.29 is 32.3 Å². The first-order valence-electron chi connectivity index (χ1n) is 29.6. The van der Waals surface area contributed by atoms with Gasteiger partial charge in [0.05, 0.1) is 30.7 Å². The Balaban J connectivity index is 0.000000154. The summed E-state index contributed by atoms with van der Waals surface area (Å²) in [6.45, 7) is 29.8. The highest BCUT2D eigenvalue weighted by Crippen LogP contribution is 2.32. The summed E-state index contributed by atoms with van der Waals surface area (Å²) in [7, 11) is 5.59. The second kappa shape index (κ2) is 29.8. The Hall–Kier alpha value is -8.55. The molecule has 19 heteroatoms. The van der Waals surface area contributed by atoms with Gasteiger partial charge < -0.3 is 19.4 Å². The van der Waals surface area contributed by atoms with Crippen LogP contribution in [0.25, 0.3) is 90.0 Å². The maximum absolute atomic E-state index is 5.64. The fourth-order valence-corrected chi connectivity index (χ4v) is 12.5. The molecule has 0 aliphatic heterocycles. The summed E-state index contributed by atoms with van der Waals surface area (Å²) in [6.07, 6.45) is 19.4. The molecule has 16 nitrogen and oxygen atoms in total. The molecule has 5 aromatic carbocycles. The first-order chi connectivity index (χ1) is 41.7. The molecule has 0 unspecified atom stereocenters. The fraction of sp³-hybridized carbons (Fsp3) is 0.318. The van der Waals surface area contributed by atoms with Gasteiger partial charge in [-0.1, -0.05) is 97.7 Å². The first-order valence-corrected chi connectivity index (χ1v) is 31.2. The zero-order valence-corrected chi connectivity index (χ0v) is 51.8. The number of anilines is 3. The van der Waals surface area contributed by atoms with Crippen LogP contribution in [-0.2, 0) is 24.4 Å². The Kier molecular flexibility index (Phi) is 21.4. The van der Waals surface area contributed by atoms with Crippen LogP contribution in [0, 0.1) is 0 Å². The van der Waals surface area contributed by atoms with Crippen molar-refractivity contribution in [2.45, 2.75) is 94.2 Å². The quantitative estimate of drug-likeness (QED) is 0.0321. The van der Waals surface area contributed by atoms with Gasteiger partial charge in [0.1, 0.15) is 45.6 Å². The third kappa shape index (κ3) is 14.2. The van der Waals surface area contributed by atoms with Gasteiger partial charge in [-0.15, -0.1) is 0 Å². The highest BCUT2D eigenvalue weighted by molar-refractivity contribution is 7.19. The lowest BCUT2D eigenvalue weighted by Gasteiger charge is -2.20. The molecule has 6 heterocycles. The molecule has 0 aliphatic rings. The van der Waals surface area contributed by atoms with Crippen LogP contribution in [0.3, 0.4) is 0 Å². The number of aromatic nitrogens is 9. The van der Waals surface area contributed by atoms with Crippen LogP contribution in [0.1, 0.15) is 101 Å². The highest BCUT2D eigenvalue weighted by atomic mass is 32.1. The normalized spacial score (nSPS) is 11.6. The molecular weight excluding hydrogens is 1100 g/mol. The van der Waals surface area contributed by atoms with Crippen molar-refractivity contribution in [2.75, 3.05) is 60.6 Å². The Morgan fingerprint density at radius 3 is 1.27 bits per heavy atom. The molecular formula is C66H76BN12O4S2+3. The van der Waals surface area contributed by atoms with Crippen molar-refractivity contribution >= 4 is 138 Å². The molecule has 0 N–H and O–H groups in total. The molecule has 0 aliphatic carbocycles. The number of hydrogen-bond donors (Lipinski definition) is 0. The monoisotopic (exact) mass is 1180 g/mol. The van der Waals surface area contributed by atoms with Crippen LogP contribution < -0.4 is 28.4 Å². The summed E-state index contributed by atoms with van der Waals surface area (Å²) in [5.74, 6) is 0.594. The van der Waals surface area contributed by atoms with Gasteiger partial charge in [-0.3, -0.25) is 0 Å². The Labute approximate surface area is 506 Å². The minimum Gasteiger partial charge on any atom is -0.493 e. The minimum atomic E-state index is 0.326. The average Bonchev–Trinajstić information content (AvgIpc) is 3.87. The number of thiazole rings is 2. The average molecular weight is 1180 g/mol. The van der Waals surface area contributed by atoms with E-state index in [4.69, 9.17) is 26.5 Å². The Morgan fingerprint density at radius 2 is 0.871 bits per heavy atom. The predicted molar refractivity (Wildman–Crippen MR) is 350 cm³/mol. The number of para-hydroxylation sites is 2. The van der Waals surface area contributed by atoms with Crippen molar-refractivity contribution in [3.05, 3.63) is 154 Å². The van der Waals surface area contributed by atoms with E-state index in [9.17, 15) is 0 Å². The molecule has 0 amide bonds. The van der Waals surface area contributed by atoms with Gasteiger partial charge in [-0.25, -0.2) is 18.5 Å². The third-order valence-electron chi connectivity index (χ3n) is 14.8. The molecule has 0 atom stereocenters. The molecule has 436 valence electrons. The summed E-state index contributed by atoms with van der Waals surface area (Å²) in [6, 6.07) is 33.7. The van der Waals surface area contributed by atoms with E-state index >= 15 is 0 Å². The van der Waals surface area contributed by atoms with Gasteiger partial charge in [0.25, 0.3) is 10.0 Å². The highest BCUT2D eigenvalue weighted by Gasteiger charge is 2.22. The molecule has 0 fully saturated rings. The van der Waals surface area contributed by atoms with E-state index in [0.717, 1.165) is 143 Å². The minimum absolute atomic E-state index is 0.326. The van der Waals surface area contributed by atoms with Crippen molar-refractivity contribution in [3.63, 3.8) is 0 Å². The third-order valence-corrected chi connectivity index (χ3v) is 17.1. The van der Waals surface area contributed by atoms with E-state index in [1.165, 1.54) is 25.4 Å². The van der Waals surface area contributed by atoms with Crippen LogP contribution in [0.5, 0.6) is 0 Å². The van der Waals surface area contributed by atoms with Crippen LogP contribution in [0.15, 0.2) is 136 Å². The second-order valence-electron chi connectivity index (χ2n) is 20.0. The van der Waals surface area contributed by atoms with E-state index in [2.05, 4.69) is 267 Å². The number of ether oxygens (including phenoxy) is 1. The van der Waals surface area contributed by atoms with Gasteiger partial charge in [0, 0.05) is 105 Å². The van der Waals surface area contributed by atoms with Crippen LogP contribution >= 0.6 is 22.7 Å². The summed E-state index contributed by atoms with van der Waals surface area (Å²) in [5.41, 5.74) is 14.6. The van der Waals surface area contributed by atoms with Gasteiger partial charge in [0.2, 0.25) is 11.0 Å². The summed E-state index contributed by atoms with van der Waals surface area (Å²) < 4.78 is 30.2.